The number of alkyl halides is 3. The van der Waals surface area contributed by atoms with Crippen LogP contribution in [-0.4, -0.2) is 59.4 Å². The first-order valence-electron chi connectivity index (χ1n) is 14.2. The summed E-state index contributed by atoms with van der Waals surface area (Å²) in [6, 6.07) is 17.9. The van der Waals surface area contributed by atoms with Crippen molar-refractivity contribution in [3.05, 3.63) is 93.6 Å². The highest BCUT2D eigenvalue weighted by molar-refractivity contribution is 6.35. The minimum Gasteiger partial charge on any atom is -0.406 e. The number of nitrogens with zero attached hydrogens (tertiary/aromatic N) is 3. The van der Waals surface area contributed by atoms with Gasteiger partial charge in [0.1, 0.15) is 5.75 Å². The Bertz CT molecular complexity index is 1550. The van der Waals surface area contributed by atoms with E-state index in [9.17, 15) is 18.0 Å². The molecule has 0 unspecified atom stereocenters. The molecular weight excluding hydrogens is 600 g/mol. The second-order valence-corrected chi connectivity index (χ2v) is 11.6. The van der Waals surface area contributed by atoms with E-state index in [1.54, 1.807) is 12.1 Å². The van der Waals surface area contributed by atoms with Gasteiger partial charge in [0.05, 0.1) is 5.52 Å². The lowest BCUT2D eigenvalue weighted by atomic mass is 10.1. The van der Waals surface area contributed by atoms with Crippen molar-refractivity contribution in [2.45, 2.75) is 39.2 Å². The minimum absolute atomic E-state index is 0.0678. The van der Waals surface area contributed by atoms with E-state index in [1.807, 2.05) is 29.0 Å². The summed E-state index contributed by atoms with van der Waals surface area (Å²) in [6.45, 7) is 7.13. The molecule has 0 spiro atoms. The van der Waals surface area contributed by atoms with Crippen LogP contribution in [0.3, 0.4) is 0 Å². The molecule has 11 heteroatoms. The number of aryl methyl sites for hydroxylation is 1. The molecular formula is C32H33Cl2F3N4O2. The third-order valence-corrected chi connectivity index (χ3v) is 8.32. The summed E-state index contributed by atoms with van der Waals surface area (Å²) in [5.41, 5.74) is 4.92. The zero-order valence-electron chi connectivity index (χ0n) is 23.8. The quantitative estimate of drug-likeness (QED) is 0.188. The van der Waals surface area contributed by atoms with E-state index in [0.29, 0.717) is 23.1 Å². The predicted molar refractivity (Wildman–Crippen MR) is 164 cm³/mol. The monoisotopic (exact) mass is 632 g/mol. The molecule has 4 aromatic rings. The molecule has 0 saturated carbocycles. The fourth-order valence-electron chi connectivity index (χ4n) is 5.48. The fraction of sp³-hybridized carbons (Fsp3) is 0.344. The zero-order chi connectivity index (χ0) is 30.6. The highest BCUT2D eigenvalue weighted by atomic mass is 35.5. The van der Waals surface area contributed by atoms with Crippen LogP contribution in [0, 0.1) is 0 Å². The lowest BCUT2D eigenvalue weighted by Crippen LogP contribution is -2.45. The van der Waals surface area contributed by atoms with E-state index >= 15 is 0 Å². The van der Waals surface area contributed by atoms with Gasteiger partial charge in [0.2, 0.25) is 5.91 Å². The van der Waals surface area contributed by atoms with Crippen LogP contribution in [0.4, 0.5) is 13.2 Å². The first-order valence-corrected chi connectivity index (χ1v) is 14.9. The lowest BCUT2D eigenvalue weighted by molar-refractivity contribution is -0.274. The van der Waals surface area contributed by atoms with Gasteiger partial charge in [-0.25, -0.2) is 0 Å². The van der Waals surface area contributed by atoms with Crippen LogP contribution >= 0.6 is 23.2 Å². The molecule has 43 heavy (non-hydrogen) atoms. The maximum Gasteiger partial charge on any atom is 0.573 e. The largest absolute Gasteiger partial charge is 0.573 e. The SMILES string of the molecule is CC(=O)NCCCc1cn(-c2ccc(OC(F)(F)F)cc2)c2cc(CN3CCN(Cc4c(Cl)cccc4Cl)CC3)ccc12. The van der Waals surface area contributed by atoms with Gasteiger partial charge in [0.25, 0.3) is 0 Å². The molecule has 0 atom stereocenters. The van der Waals surface area contributed by atoms with Gasteiger partial charge in [-0.1, -0.05) is 41.4 Å². The van der Waals surface area contributed by atoms with E-state index in [0.717, 1.165) is 78.8 Å². The Labute approximate surface area is 258 Å². The predicted octanol–water partition coefficient (Wildman–Crippen LogP) is 7.22. The van der Waals surface area contributed by atoms with Crippen molar-refractivity contribution >= 4 is 40.0 Å². The Morgan fingerprint density at radius 2 is 1.58 bits per heavy atom. The van der Waals surface area contributed by atoms with Gasteiger partial charge in [-0.3, -0.25) is 14.6 Å². The van der Waals surface area contributed by atoms with E-state index in [1.165, 1.54) is 19.1 Å². The first-order chi connectivity index (χ1) is 20.6. The third-order valence-electron chi connectivity index (χ3n) is 7.61. The Kier molecular flexibility index (Phi) is 9.86. The van der Waals surface area contributed by atoms with Crippen molar-refractivity contribution in [1.82, 2.24) is 19.7 Å². The number of carbonyl (C=O) groups excluding carboxylic acids is 1. The molecule has 1 saturated heterocycles. The second kappa shape index (κ2) is 13.6. The Balaban J connectivity index is 1.32. The Morgan fingerprint density at radius 3 is 2.21 bits per heavy atom. The lowest BCUT2D eigenvalue weighted by Gasteiger charge is -2.35. The number of nitrogens with one attached hydrogen (secondary N) is 1. The molecule has 0 aliphatic carbocycles. The van der Waals surface area contributed by atoms with Crippen molar-refractivity contribution in [2.24, 2.45) is 0 Å². The van der Waals surface area contributed by atoms with Gasteiger partial charge >= 0.3 is 6.36 Å². The van der Waals surface area contributed by atoms with Crippen LogP contribution in [0.1, 0.15) is 30.0 Å². The number of ether oxygens (including phenoxy) is 1. The third kappa shape index (κ3) is 8.23. The van der Waals surface area contributed by atoms with Crippen LogP contribution in [0.5, 0.6) is 5.75 Å². The molecule has 2 heterocycles. The molecule has 1 aromatic heterocycles. The number of piperazine rings is 1. The summed E-state index contributed by atoms with van der Waals surface area (Å²) in [7, 11) is 0. The molecule has 1 aliphatic rings. The summed E-state index contributed by atoms with van der Waals surface area (Å²) in [5.74, 6) is -0.332. The normalized spacial score (nSPS) is 14.7. The van der Waals surface area contributed by atoms with Crippen LogP contribution in [0.2, 0.25) is 10.0 Å². The standard InChI is InChI=1S/C32H33Cl2F3N4O2/c1-22(42)38-13-3-4-24-20-41(25-8-10-26(11-9-25)43-32(35,36)37)31-18-23(7-12-27(24)31)19-39-14-16-40(17-15-39)21-28-29(33)5-2-6-30(28)34/h2,5-12,18,20H,3-4,13-17,19,21H2,1H3,(H,38,42). The van der Waals surface area contributed by atoms with Gasteiger partial charge in [-0.15, -0.1) is 13.2 Å². The Morgan fingerprint density at radius 1 is 0.930 bits per heavy atom. The van der Waals surface area contributed by atoms with E-state index in [4.69, 9.17) is 23.2 Å². The molecule has 0 bridgehead atoms. The van der Waals surface area contributed by atoms with Crippen molar-refractivity contribution in [3.8, 4) is 11.4 Å². The molecule has 1 aliphatic heterocycles. The van der Waals surface area contributed by atoms with E-state index in [2.05, 4.69) is 38.1 Å². The topological polar surface area (TPSA) is 49.7 Å². The maximum atomic E-state index is 12.7. The fourth-order valence-corrected chi connectivity index (χ4v) is 5.99. The molecule has 1 amide bonds. The van der Waals surface area contributed by atoms with E-state index in [-0.39, 0.29) is 11.7 Å². The smallest absolute Gasteiger partial charge is 0.406 e. The van der Waals surface area contributed by atoms with Crippen LogP contribution in [-0.2, 0) is 24.3 Å². The number of halogens is 5. The van der Waals surface area contributed by atoms with Gasteiger partial charge in [-0.05, 0) is 66.4 Å². The molecule has 228 valence electrons. The number of hydrogen-bond donors (Lipinski definition) is 1. The Hall–Kier alpha value is -3.24. The summed E-state index contributed by atoms with van der Waals surface area (Å²) >= 11 is 12.8. The number of hydrogen-bond acceptors (Lipinski definition) is 4. The van der Waals surface area contributed by atoms with Crippen molar-refractivity contribution in [3.63, 3.8) is 0 Å². The second-order valence-electron chi connectivity index (χ2n) is 10.8. The van der Waals surface area contributed by atoms with Gasteiger partial charge in [0.15, 0.2) is 0 Å². The summed E-state index contributed by atoms with van der Waals surface area (Å²) < 4.78 is 44.1. The van der Waals surface area contributed by atoms with Crippen molar-refractivity contribution in [2.75, 3.05) is 32.7 Å². The summed E-state index contributed by atoms with van der Waals surface area (Å²) in [4.78, 5) is 16.1. The average molecular weight is 634 g/mol. The molecule has 0 radical (unpaired) electrons. The molecule has 1 fully saturated rings. The molecule has 1 N–H and O–H groups in total. The first kappa shape index (κ1) is 31.2. The van der Waals surface area contributed by atoms with Crippen molar-refractivity contribution < 1.29 is 22.7 Å². The van der Waals surface area contributed by atoms with Crippen LogP contribution in [0.25, 0.3) is 16.6 Å². The number of rotatable bonds is 10. The van der Waals surface area contributed by atoms with E-state index < -0.39 is 6.36 Å². The summed E-state index contributed by atoms with van der Waals surface area (Å²) in [6.07, 6.45) is -1.20. The number of aromatic nitrogens is 1. The van der Waals surface area contributed by atoms with Gasteiger partial charge < -0.3 is 14.6 Å². The highest BCUT2D eigenvalue weighted by Gasteiger charge is 2.31. The van der Waals surface area contributed by atoms with Gasteiger partial charge in [-0.2, -0.15) is 0 Å². The minimum atomic E-state index is -4.75. The maximum absolute atomic E-state index is 12.7. The average Bonchev–Trinajstić information content (AvgIpc) is 3.31. The number of amides is 1. The number of benzene rings is 3. The van der Waals surface area contributed by atoms with Crippen LogP contribution < -0.4 is 10.1 Å². The highest BCUT2D eigenvalue weighted by Crippen LogP contribution is 2.30. The molecule has 5 rings (SSSR count). The molecule has 6 nitrogen and oxygen atoms in total. The van der Waals surface area contributed by atoms with Gasteiger partial charge in [0, 0.05) is 85.6 Å². The number of fused-ring (bicyclic) bond motifs is 1. The molecule has 3 aromatic carbocycles. The summed E-state index contributed by atoms with van der Waals surface area (Å²) in [5, 5.41) is 5.27. The van der Waals surface area contributed by atoms with Crippen molar-refractivity contribution in [1.29, 1.82) is 0 Å². The zero-order valence-corrected chi connectivity index (χ0v) is 25.3. The van der Waals surface area contributed by atoms with Crippen LogP contribution in [0.15, 0.2) is 66.9 Å². The number of carbonyl (C=O) groups is 1.